The van der Waals surface area contributed by atoms with E-state index < -0.39 is 0 Å². The zero-order valence-corrected chi connectivity index (χ0v) is 17.7. The molecular weight excluding hydrogens is 405 g/mol. The van der Waals surface area contributed by atoms with E-state index in [1.165, 1.54) is 12.1 Å². The Bertz CT molecular complexity index is 1370. The van der Waals surface area contributed by atoms with Crippen LogP contribution in [-0.4, -0.2) is 24.0 Å². The van der Waals surface area contributed by atoms with Crippen molar-refractivity contribution in [3.8, 4) is 11.3 Å². The Labute approximate surface area is 184 Å². The Kier molecular flexibility index (Phi) is 4.28. The highest BCUT2D eigenvalue weighted by Crippen LogP contribution is 2.46. The Balaban J connectivity index is 1.59. The highest BCUT2D eigenvalue weighted by Gasteiger charge is 2.34. The number of rotatable bonds is 3. The predicted octanol–water partition coefficient (Wildman–Crippen LogP) is 6.16. The summed E-state index contributed by atoms with van der Waals surface area (Å²) < 4.78 is 19.7. The van der Waals surface area contributed by atoms with E-state index >= 15 is 0 Å². The number of piperidine rings is 1. The van der Waals surface area contributed by atoms with Crippen LogP contribution in [0.5, 0.6) is 0 Å². The smallest absolute Gasteiger partial charge is 0.196 e. The summed E-state index contributed by atoms with van der Waals surface area (Å²) in [5.74, 6) is 0.877. The van der Waals surface area contributed by atoms with Crippen LogP contribution in [0.15, 0.2) is 59.1 Å². The molecule has 32 heavy (non-hydrogen) atoms. The lowest BCUT2D eigenvalue weighted by Crippen LogP contribution is -2.33. The Morgan fingerprint density at radius 1 is 1.06 bits per heavy atom. The summed E-state index contributed by atoms with van der Waals surface area (Å²) >= 11 is 0. The minimum Gasteiger partial charge on any atom is -0.370 e. The molecule has 4 aromatic rings. The molecule has 2 heterocycles. The molecule has 0 spiro atoms. The van der Waals surface area contributed by atoms with Gasteiger partial charge in [-0.1, -0.05) is 42.4 Å². The monoisotopic (exact) mass is 427 g/mol. The molecule has 1 N–H and O–H groups in total. The first-order chi connectivity index (χ1) is 15.6. The molecule has 160 valence electrons. The molecule has 1 fully saturated rings. The maximum atomic E-state index is 13.9. The maximum Gasteiger partial charge on any atom is 0.196 e. The Morgan fingerprint density at radius 2 is 1.84 bits per heavy atom. The Morgan fingerprint density at radius 3 is 2.62 bits per heavy atom. The predicted molar refractivity (Wildman–Crippen MR) is 123 cm³/mol. The van der Waals surface area contributed by atoms with Gasteiger partial charge in [0.2, 0.25) is 0 Å². The summed E-state index contributed by atoms with van der Waals surface area (Å²) in [6.07, 6.45) is 2.20. The first kappa shape index (κ1) is 19.0. The van der Waals surface area contributed by atoms with Crippen LogP contribution < -0.4 is 10.2 Å². The van der Waals surface area contributed by atoms with Crippen molar-refractivity contribution < 1.29 is 13.7 Å². The van der Waals surface area contributed by atoms with Crippen LogP contribution in [-0.2, 0) is 0 Å². The zero-order valence-electron chi connectivity index (χ0n) is 17.7. The number of carbonyl (C=O) groups excluding carboxylic acids is 1. The van der Waals surface area contributed by atoms with Gasteiger partial charge in [-0.05, 0) is 43.0 Å². The van der Waals surface area contributed by atoms with Crippen molar-refractivity contribution in [1.29, 1.82) is 0 Å². The molecule has 1 aliphatic carbocycles. The van der Waals surface area contributed by atoms with Gasteiger partial charge in [0.1, 0.15) is 11.3 Å². The van der Waals surface area contributed by atoms with Crippen molar-refractivity contribution in [3.63, 3.8) is 0 Å². The van der Waals surface area contributed by atoms with Crippen molar-refractivity contribution in [2.45, 2.75) is 19.8 Å². The molecule has 0 unspecified atom stereocenters. The van der Waals surface area contributed by atoms with Gasteiger partial charge in [-0.3, -0.25) is 4.79 Å². The van der Waals surface area contributed by atoms with Crippen molar-refractivity contribution in [2.75, 3.05) is 23.3 Å². The molecular formula is C26H22FN3O2. The third kappa shape index (κ3) is 2.90. The van der Waals surface area contributed by atoms with Gasteiger partial charge in [-0.15, -0.1) is 0 Å². The molecule has 0 bridgehead atoms. The fraction of sp³-hybridized carbons (Fsp3) is 0.231. The third-order valence-electron chi connectivity index (χ3n) is 6.61. The molecule has 6 rings (SSSR count). The summed E-state index contributed by atoms with van der Waals surface area (Å²) in [6, 6.07) is 15.7. The molecule has 1 saturated heterocycles. The molecule has 0 radical (unpaired) electrons. The van der Waals surface area contributed by atoms with Crippen LogP contribution in [0.4, 0.5) is 21.5 Å². The van der Waals surface area contributed by atoms with Crippen LogP contribution in [0.1, 0.15) is 35.7 Å². The number of nitrogens with zero attached hydrogens (tertiary/aromatic N) is 2. The van der Waals surface area contributed by atoms with E-state index in [9.17, 15) is 9.18 Å². The zero-order chi connectivity index (χ0) is 21.8. The van der Waals surface area contributed by atoms with Crippen LogP contribution in [0.2, 0.25) is 0 Å². The van der Waals surface area contributed by atoms with E-state index in [1.807, 2.05) is 24.3 Å². The van der Waals surface area contributed by atoms with E-state index in [0.717, 1.165) is 42.6 Å². The molecule has 3 aromatic carbocycles. The quantitative estimate of drug-likeness (QED) is 0.374. The van der Waals surface area contributed by atoms with E-state index in [1.54, 1.807) is 18.2 Å². The van der Waals surface area contributed by atoms with Gasteiger partial charge in [-0.2, -0.15) is 0 Å². The van der Waals surface area contributed by atoms with Crippen molar-refractivity contribution >= 4 is 33.7 Å². The van der Waals surface area contributed by atoms with Crippen LogP contribution in [0.3, 0.4) is 0 Å². The lowest BCUT2D eigenvalue weighted by molar-refractivity contribution is 0.104. The van der Waals surface area contributed by atoms with Gasteiger partial charge in [0, 0.05) is 29.9 Å². The Hall–Kier alpha value is -3.67. The van der Waals surface area contributed by atoms with Gasteiger partial charge >= 0.3 is 0 Å². The average molecular weight is 427 g/mol. The van der Waals surface area contributed by atoms with Gasteiger partial charge in [0.15, 0.2) is 11.5 Å². The number of fused-ring (bicyclic) bond motifs is 2. The van der Waals surface area contributed by atoms with Gasteiger partial charge in [0.25, 0.3) is 0 Å². The van der Waals surface area contributed by atoms with Crippen LogP contribution in [0.25, 0.3) is 22.2 Å². The average Bonchev–Trinajstić information content (AvgIpc) is 3.24. The standard InChI is InChI=1S/C26H22FN3O2/c1-15-9-11-30(12-10-15)21-14-20(28-17-6-4-5-16(27)13-17)22-23-24(21)29-32-26(23)19-8-3-2-7-18(19)25(22)31/h2-8,13-15,28H,9-12H2,1H3. The fourth-order valence-electron chi connectivity index (χ4n) is 4.85. The van der Waals surface area contributed by atoms with Gasteiger partial charge in [0.05, 0.1) is 22.3 Å². The van der Waals surface area contributed by atoms with Gasteiger partial charge < -0.3 is 14.7 Å². The molecule has 1 aliphatic heterocycles. The molecule has 0 amide bonds. The third-order valence-corrected chi connectivity index (χ3v) is 6.61. The number of aromatic nitrogens is 1. The second-order valence-corrected chi connectivity index (χ2v) is 8.73. The number of hydrogen-bond donors (Lipinski definition) is 1. The van der Waals surface area contributed by atoms with E-state index in [2.05, 4.69) is 22.3 Å². The maximum absolute atomic E-state index is 13.9. The largest absolute Gasteiger partial charge is 0.370 e. The number of halogens is 1. The van der Waals surface area contributed by atoms with Crippen LogP contribution in [0, 0.1) is 11.7 Å². The summed E-state index contributed by atoms with van der Waals surface area (Å²) in [7, 11) is 0. The van der Waals surface area contributed by atoms with Crippen molar-refractivity contribution in [3.05, 3.63) is 71.5 Å². The lowest BCUT2D eigenvalue weighted by atomic mass is 9.86. The number of carbonyl (C=O) groups is 1. The molecule has 0 atom stereocenters. The van der Waals surface area contributed by atoms with Crippen molar-refractivity contribution in [2.24, 2.45) is 5.92 Å². The second-order valence-electron chi connectivity index (χ2n) is 8.73. The lowest BCUT2D eigenvalue weighted by Gasteiger charge is -2.33. The molecule has 2 aliphatic rings. The first-order valence-corrected chi connectivity index (χ1v) is 11.0. The number of anilines is 3. The van der Waals surface area contributed by atoms with Gasteiger partial charge in [-0.25, -0.2) is 4.39 Å². The number of hydrogen-bond acceptors (Lipinski definition) is 5. The van der Waals surface area contributed by atoms with E-state index in [0.29, 0.717) is 39.7 Å². The summed E-state index contributed by atoms with van der Waals surface area (Å²) in [6.45, 7) is 4.11. The highest BCUT2D eigenvalue weighted by molar-refractivity contribution is 6.28. The molecule has 0 saturated carbocycles. The van der Waals surface area contributed by atoms with Crippen molar-refractivity contribution in [1.82, 2.24) is 5.16 Å². The summed E-state index contributed by atoms with van der Waals surface area (Å²) in [4.78, 5) is 15.9. The van der Waals surface area contributed by atoms with E-state index in [4.69, 9.17) is 4.52 Å². The number of ketones is 1. The minimum atomic E-state index is -0.336. The topological polar surface area (TPSA) is 58.4 Å². The minimum absolute atomic E-state index is 0.0842. The van der Waals surface area contributed by atoms with Crippen LogP contribution >= 0.6 is 0 Å². The first-order valence-electron chi connectivity index (χ1n) is 11.0. The summed E-state index contributed by atoms with van der Waals surface area (Å²) in [5, 5.41) is 8.45. The fourth-order valence-corrected chi connectivity index (χ4v) is 4.85. The normalized spacial score (nSPS) is 15.8. The van der Waals surface area contributed by atoms with E-state index in [-0.39, 0.29) is 11.6 Å². The number of nitrogens with one attached hydrogen (secondary N) is 1. The molecule has 1 aromatic heterocycles. The SMILES string of the molecule is CC1CCN(c2cc(Nc3cccc(F)c3)c3c4c(onc24)-c2ccccc2C3=O)CC1. The molecule has 5 nitrogen and oxygen atoms in total. The highest BCUT2D eigenvalue weighted by atomic mass is 19.1. The summed E-state index contributed by atoms with van der Waals surface area (Å²) in [5.41, 5.74) is 4.74. The second kappa shape index (κ2) is 7.19. The number of benzene rings is 3. The molecule has 6 heteroatoms.